The van der Waals surface area contributed by atoms with Crippen molar-refractivity contribution in [3.63, 3.8) is 0 Å². The predicted octanol–water partition coefficient (Wildman–Crippen LogP) is 5.02. The largest absolute Gasteiger partial charge is 0.419 e. The molecule has 3 aromatic rings. The lowest BCUT2D eigenvalue weighted by atomic mass is 9.86. The number of carbonyl (C=O) groups is 1. The van der Waals surface area contributed by atoms with Crippen LogP contribution in [-0.2, 0) is 36.7 Å². The van der Waals surface area contributed by atoms with Crippen LogP contribution >= 0.6 is 0 Å². The quantitative estimate of drug-likeness (QED) is 0.462. The number of piperidine rings is 1. The standard InChI is InChI=1S/C29H33F3N4O/c1-19-15-20(7-9-24(19)22-11-13-36(2)14-12-22)16-28-34-18-25(29(30,31)32)26(35-28)10-8-21-5-3-4-6-23(21)17-27(33)37/h3-7,9,15,18,22H,8,10-14,16-17H2,1-2H3,(H2,33,37). The molecule has 1 saturated heterocycles. The zero-order valence-electron chi connectivity index (χ0n) is 21.3. The predicted molar refractivity (Wildman–Crippen MR) is 137 cm³/mol. The topological polar surface area (TPSA) is 72.1 Å². The number of primary amides is 1. The molecule has 0 saturated carbocycles. The number of halogens is 3. The van der Waals surface area contributed by atoms with Gasteiger partial charge in [0.1, 0.15) is 5.82 Å². The lowest BCUT2D eigenvalue weighted by Crippen LogP contribution is -2.29. The molecule has 2 N–H and O–H groups in total. The van der Waals surface area contributed by atoms with Crippen LogP contribution in [0.2, 0.25) is 0 Å². The number of aryl methyl sites for hydroxylation is 3. The van der Waals surface area contributed by atoms with Gasteiger partial charge in [-0.2, -0.15) is 13.2 Å². The molecule has 4 rings (SSSR count). The summed E-state index contributed by atoms with van der Waals surface area (Å²) in [4.78, 5) is 22.2. The van der Waals surface area contributed by atoms with E-state index in [1.54, 1.807) is 18.2 Å². The summed E-state index contributed by atoms with van der Waals surface area (Å²) in [6.07, 6.45) is -0.599. The zero-order chi connectivity index (χ0) is 26.6. The zero-order valence-corrected chi connectivity index (χ0v) is 21.3. The SMILES string of the molecule is Cc1cc(Cc2ncc(C(F)(F)F)c(CCc3ccccc3CC(N)=O)n2)ccc1C1CCN(C)CC1. The van der Waals surface area contributed by atoms with Crippen molar-refractivity contribution < 1.29 is 18.0 Å². The Bertz CT molecular complexity index is 1250. The number of amides is 1. The number of alkyl halides is 3. The molecule has 0 spiro atoms. The molecule has 8 heteroatoms. The molecule has 1 aliphatic rings. The fourth-order valence-corrected chi connectivity index (χ4v) is 5.19. The van der Waals surface area contributed by atoms with E-state index in [0.717, 1.165) is 48.8 Å². The average molecular weight is 511 g/mol. The Morgan fingerprint density at radius 2 is 1.78 bits per heavy atom. The van der Waals surface area contributed by atoms with Gasteiger partial charge in [0.05, 0.1) is 17.7 Å². The second-order valence-corrected chi connectivity index (χ2v) is 10.0. The number of rotatable bonds is 8. The van der Waals surface area contributed by atoms with Gasteiger partial charge >= 0.3 is 6.18 Å². The molecule has 2 heterocycles. The van der Waals surface area contributed by atoms with Gasteiger partial charge in [0.15, 0.2) is 0 Å². The number of benzene rings is 2. The molecule has 0 atom stereocenters. The van der Waals surface area contributed by atoms with E-state index in [9.17, 15) is 18.0 Å². The van der Waals surface area contributed by atoms with Crippen LogP contribution in [0.25, 0.3) is 0 Å². The molecule has 1 amide bonds. The van der Waals surface area contributed by atoms with Crippen molar-refractivity contribution in [2.75, 3.05) is 20.1 Å². The van der Waals surface area contributed by atoms with Crippen LogP contribution in [0.4, 0.5) is 13.2 Å². The molecule has 0 radical (unpaired) electrons. The average Bonchev–Trinajstić information content (AvgIpc) is 2.83. The Morgan fingerprint density at radius 1 is 1.08 bits per heavy atom. The number of carbonyl (C=O) groups excluding carboxylic acids is 1. The van der Waals surface area contributed by atoms with Gasteiger partial charge in [0, 0.05) is 12.6 Å². The van der Waals surface area contributed by atoms with Crippen molar-refractivity contribution >= 4 is 5.91 Å². The third-order valence-corrected chi connectivity index (χ3v) is 7.19. The minimum Gasteiger partial charge on any atom is -0.369 e. The van der Waals surface area contributed by atoms with Crippen molar-refractivity contribution in [1.82, 2.24) is 14.9 Å². The highest BCUT2D eigenvalue weighted by atomic mass is 19.4. The van der Waals surface area contributed by atoms with Crippen LogP contribution in [0.3, 0.4) is 0 Å². The van der Waals surface area contributed by atoms with E-state index in [1.165, 1.54) is 11.1 Å². The van der Waals surface area contributed by atoms with Crippen molar-refractivity contribution in [2.45, 2.75) is 57.5 Å². The summed E-state index contributed by atoms with van der Waals surface area (Å²) in [5.74, 6) is 0.418. The van der Waals surface area contributed by atoms with Gasteiger partial charge in [-0.15, -0.1) is 0 Å². The molecule has 0 aliphatic carbocycles. The minimum atomic E-state index is -4.55. The first-order chi connectivity index (χ1) is 17.6. The summed E-state index contributed by atoms with van der Waals surface area (Å²) < 4.78 is 41.2. The van der Waals surface area contributed by atoms with E-state index in [2.05, 4.69) is 41.0 Å². The van der Waals surface area contributed by atoms with Crippen molar-refractivity contribution in [1.29, 1.82) is 0 Å². The number of aromatic nitrogens is 2. The molecule has 1 fully saturated rings. The lowest BCUT2D eigenvalue weighted by Gasteiger charge is -2.30. The summed E-state index contributed by atoms with van der Waals surface area (Å²) in [5.41, 5.74) is 9.51. The van der Waals surface area contributed by atoms with E-state index in [-0.39, 0.29) is 18.5 Å². The molecule has 37 heavy (non-hydrogen) atoms. The smallest absolute Gasteiger partial charge is 0.369 e. The molecule has 0 bridgehead atoms. The molecule has 1 aromatic heterocycles. The van der Waals surface area contributed by atoms with Crippen molar-refractivity contribution in [3.05, 3.63) is 93.6 Å². The first-order valence-electron chi connectivity index (χ1n) is 12.6. The number of hydrogen-bond donors (Lipinski definition) is 1. The first-order valence-corrected chi connectivity index (χ1v) is 12.6. The van der Waals surface area contributed by atoms with Crippen molar-refractivity contribution in [3.8, 4) is 0 Å². The third kappa shape index (κ3) is 6.95. The van der Waals surface area contributed by atoms with E-state index < -0.39 is 17.6 Å². The van der Waals surface area contributed by atoms with Crippen molar-refractivity contribution in [2.24, 2.45) is 5.73 Å². The van der Waals surface area contributed by atoms with Gasteiger partial charge in [0.25, 0.3) is 0 Å². The fourth-order valence-electron chi connectivity index (χ4n) is 5.19. The van der Waals surface area contributed by atoms with E-state index in [1.807, 2.05) is 12.1 Å². The third-order valence-electron chi connectivity index (χ3n) is 7.19. The summed E-state index contributed by atoms with van der Waals surface area (Å²) in [7, 11) is 2.14. The van der Waals surface area contributed by atoms with Crippen LogP contribution in [0.1, 0.15) is 63.7 Å². The summed E-state index contributed by atoms with van der Waals surface area (Å²) >= 11 is 0. The molecule has 5 nitrogen and oxygen atoms in total. The molecule has 0 unspecified atom stereocenters. The van der Waals surface area contributed by atoms with Gasteiger partial charge in [-0.3, -0.25) is 4.79 Å². The maximum absolute atomic E-state index is 13.7. The van der Waals surface area contributed by atoms with Crippen LogP contribution in [0.15, 0.2) is 48.7 Å². The maximum Gasteiger partial charge on any atom is 0.419 e. The number of nitrogens with zero attached hydrogens (tertiary/aromatic N) is 3. The van der Waals surface area contributed by atoms with Crippen LogP contribution in [-0.4, -0.2) is 40.9 Å². The molecule has 196 valence electrons. The number of hydrogen-bond acceptors (Lipinski definition) is 4. The summed E-state index contributed by atoms with van der Waals surface area (Å²) in [5, 5.41) is 0. The lowest BCUT2D eigenvalue weighted by molar-refractivity contribution is -0.138. The monoisotopic (exact) mass is 510 g/mol. The normalized spacial score (nSPS) is 15.2. The molecular weight excluding hydrogens is 477 g/mol. The second kappa shape index (κ2) is 11.4. The Balaban J connectivity index is 1.53. The summed E-state index contributed by atoms with van der Waals surface area (Å²) in [6, 6.07) is 13.5. The van der Waals surface area contributed by atoms with Gasteiger partial charge in [-0.05, 0) is 86.5 Å². The highest BCUT2D eigenvalue weighted by Gasteiger charge is 2.34. The molecule has 2 aromatic carbocycles. The number of nitrogens with two attached hydrogens (primary N) is 1. The Hall–Kier alpha value is -3.26. The first kappa shape index (κ1) is 26.8. The van der Waals surface area contributed by atoms with Gasteiger partial charge < -0.3 is 10.6 Å². The summed E-state index contributed by atoms with van der Waals surface area (Å²) in [6.45, 7) is 4.27. The number of likely N-dealkylation sites (tertiary alicyclic amines) is 1. The Labute approximate surface area is 215 Å². The molecular formula is C29H33F3N4O. The van der Waals surface area contributed by atoms with E-state index in [0.29, 0.717) is 24.6 Å². The Morgan fingerprint density at radius 3 is 2.43 bits per heavy atom. The Kier molecular flexibility index (Phi) is 8.27. The highest BCUT2D eigenvalue weighted by Crippen LogP contribution is 2.33. The van der Waals surface area contributed by atoms with Gasteiger partial charge in [-0.1, -0.05) is 42.5 Å². The van der Waals surface area contributed by atoms with Crippen LogP contribution in [0, 0.1) is 6.92 Å². The van der Waals surface area contributed by atoms with Gasteiger partial charge in [0.2, 0.25) is 5.91 Å². The molecule has 1 aliphatic heterocycles. The van der Waals surface area contributed by atoms with E-state index >= 15 is 0 Å². The van der Waals surface area contributed by atoms with Gasteiger partial charge in [-0.25, -0.2) is 9.97 Å². The van der Waals surface area contributed by atoms with Crippen LogP contribution in [0.5, 0.6) is 0 Å². The van der Waals surface area contributed by atoms with E-state index in [4.69, 9.17) is 5.73 Å². The minimum absolute atomic E-state index is 0.0361. The van der Waals surface area contributed by atoms with Crippen LogP contribution < -0.4 is 5.73 Å². The highest BCUT2D eigenvalue weighted by molar-refractivity contribution is 5.77. The fraction of sp³-hybridized carbons (Fsp3) is 0.414. The second-order valence-electron chi connectivity index (χ2n) is 10.0. The maximum atomic E-state index is 13.7.